The van der Waals surface area contributed by atoms with Gasteiger partial charge in [-0.15, -0.1) is 0 Å². The number of aldehydes is 1. The topological polar surface area (TPSA) is 33.2 Å². The van der Waals surface area contributed by atoms with Crippen molar-refractivity contribution in [2.45, 2.75) is 0 Å². The molecule has 2 heterocycles. The number of rotatable bonds is 3. The fourth-order valence-corrected chi connectivity index (χ4v) is 2.39. The van der Waals surface area contributed by atoms with Crippen molar-refractivity contribution in [2.75, 3.05) is 18.0 Å². The standard InChI is InChI=1S/C15H11F3N2O/c16-12-1-2-19-5-11(12)10-3-13(17)15(14(18)4-10)20-6-9(7-20)8-21/h1-5,8-9H,6-7H2. The van der Waals surface area contributed by atoms with Gasteiger partial charge in [0.25, 0.3) is 0 Å². The molecule has 6 heteroatoms. The Morgan fingerprint density at radius 1 is 1.14 bits per heavy atom. The predicted molar refractivity (Wildman–Crippen MR) is 71.3 cm³/mol. The van der Waals surface area contributed by atoms with Gasteiger partial charge < -0.3 is 9.69 Å². The quantitative estimate of drug-likeness (QED) is 0.816. The van der Waals surface area contributed by atoms with E-state index in [4.69, 9.17) is 0 Å². The maximum Gasteiger partial charge on any atom is 0.150 e. The maximum absolute atomic E-state index is 14.1. The minimum absolute atomic E-state index is 0.0382. The van der Waals surface area contributed by atoms with Gasteiger partial charge in [0.2, 0.25) is 0 Å². The summed E-state index contributed by atoms with van der Waals surface area (Å²) in [6, 6.07) is 3.28. The van der Waals surface area contributed by atoms with Crippen LogP contribution in [0.5, 0.6) is 0 Å². The molecule has 1 aromatic heterocycles. The molecule has 108 valence electrons. The molecule has 3 nitrogen and oxygen atoms in total. The molecular formula is C15H11F3N2O. The van der Waals surface area contributed by atoms with Crippen LogP contribution in [0.3, 0.4) is 0 Å². The summed E-state index contributed by atoms with van der Waals surface area (Å²) in [4.78, 5) is 15.8. The maximum atomic E-state index is 14.1. The van der Waals surface area contributed by atoms with Gasteiger partial charge in [0.1, 0.15) is 29.4 Å². The summed E-state index contributed by atoms with van der Waals surface area (Å²) in [5, 5.41) is 0. The molecule has 0 spiro atoms. The Labute approximate surface area is 119 Å². The first-order valence-electron chi connectivity index (χ1n) is 6.39. The van der Waals surface area contributed by atoms with E-state index in [0.29, 0.717) is 0 Å². The molecule has 1 aliphatic heterocycles. The van der Waals surface area contributed by atoms with Crippen LogP contribution in [0.2, 0.25) is 0 Å². The van der Waals surface area contributed by atoms with E-state index in [1.807, 2.05) is 0 Å². The molecular weight excluding hydrogens is 281 g/mol. The molecule has 0 radical (unpaired) electrons. The molecule has 0 aliphatic carbocycles. The van der Waals surface area contributed by atoms with Crippen LogP contribution in [0.25, 0.3) is 11.1 Å². The van der Waals surface area contributed by atoms with Gasteiger partial charge in [-0.2, -0.15) is 0 Å². The average molecular weight is 292 g/mol. The van der Waals surface area contributed by atoms with Crippen molar-refractivity contribution in [3.8, 4) is 11.1 Å². The molecule has 0 saturated carbocycles. The molecule has 0 N–H and O–H groups in total. The minimum atomic E-state index is -0.780. The summed E-state index contributed by atoms with van der Waals surface area (Å²) in [5.74, 6) is -2.35. The molecule has 0 atom stereocenters. The van der Waals surface area contributed by atoms with Crippen LogP contribution in [-0.4, -0.2) is 24.4 Å². The van der Waals surface area contributed by atoms with Crippen molar-refractivity contribution in [2.24, 2.45) is 5.92 Å². The Kier molecular flexibility index (Phi) is 3.37. The lowest BCUT2D eigenvalue weighted by molar-refractivity contribution is -0.111. The van der Waals surface area contributed by atoms with Crippen LogP contribution >= 0.6 is 0 Å². The number of benzene rings is 1. The van der Waals surface area contributed by atoms with E-state index < -0.39 is 17.5 Å². The van der Waals surface area contributed by atoms with Crippen molar-refractivity contribution >= 4 is 12.0 Å². The SMILES string of the molecule is O=CC1CN(c2c(F)cc(-c3cnccc3F)cc2F)C1. The number of nitrogens with zero attached hydrogens (tertiary/aromatic N) is 2. The highest BCUT2D eigenvalue weighted by Crippen LogP contribution is 2.33. The summed E-state index contributed by atoms with van der Waals surface area (Å²) in [7, 11) is 0. The molecule has 1 aromatic carbocycles. The van der Waals surface area contributed by atoms with Gasteiger partial charge in [0.05, 0.1) is 0 Å². The van der Waals surface area contributed by atoms with Crippen molar-refractivity contribution in [3.63, 3.8) is 0 Å². The first-order chi connectivity index (χ1) is 10.1. The Bertz CT molecular complexity index is 676. The lowest BCUT2D eigenvalue weighted by Crippen LogP contribution is -2.48. The second-order valence-corrected chi connectivity index (χ2v) is 4.95. The number of anilines is 1. The molecule has 0 amide bonds. The van der Waals surface area contributed by atoms with E-state index >= 15 is 0 Å². The van der Waals surface area contributed by atoms with Gasteiger partial charge in [-0.25, -0.2) is 13.2 Å². The van der Waals surface area contributed by atoms with Crippen molar-refractivity contribution in [3.05, 3.63) is 48.0 Å². The van der Waals surface area contributed by atoms with E-state index in [1.54, 1.807) is 0 Å². The van der Waals surface area contributed by atoms with Crippen LogP contribution in [-0.2, 0) is 4.79 Å². The monoisotopic (exact) mass is 292 g/mol. The Balaban J connectivity index is 1.97. The van der Waals surface area contributed by atoms with Crippen molar-refractivity contribution in [1.82, 2.24) is 4.98 Å². The molecule has 1 fully saturated rings. The zero-order valence-corrected chi connectivity index (χ0v) is 10.9. The molecule has 1 saturated heterocycles. The van der Waals surface area contributed by atoms with Crippen molar-refractivity contribution < 1.29 is 18.0 Å². The number of carbonyl (C=O) groups excluding carboxylic acids is 1. The highest BCUT2D eigenvalue weighted by molar-refractivity contribution is 5.69. The van der Waals surface area contributed by atoms with Crippen LogP contribution in [0.1, 0.15) is 0 Å². The second-order valence-electron chi connectivity index (χ2n) is 4.95. The number of pyridine rings is 1. The van der Waals surface area contributed by atoms with Gasteiger partial charge in [-0.05, 0) is 23.8 Å². The number of carbonyl (C=O) groups is 1. The summed E-state index contributed by atoms with van der Waals surface area (Å²) in [6.07, 6.45) is 3.25. The molecule has 21 heavy (non-hydrogen) atoms. The predicted octanol–water partition coefficient (Wildman–Crippen LogP) is 2.80. The summed E-state index contributed by atoms with van der Waals surface area (Å²) >= 11 is 0. The fourth-order valence-electron chi connectivity index (χ4n) is 2.39. The van der Waals surface area contributed by atoms with Crippen LogP contribution in [0, 0.1) is 23.4 Å². The van der Waals surface area contributed by atoms with Crippen LogP contribution in [0.4, 0.5) is 18.9 Å². The number of aromatic nitrogens is 1. The van der Waals surface area contributed by atoms with Crippen LogP contribution < -0.4 is 4.90 Å². The first kappa shape index (κ1) is 13.6. The van der Waals surface area contributed by atoms with Gasteiger partial charge >= 0.3 is 0 Å². The smallest absolute Gasteiger partial charge is 0.150 e. The minimum Gasteiger partial charge on any atom is -0.365 e. The van der Waals surface area contributed by atoms with Gasteiger partial charge in [-0.3, -0.25) is 4.98 Å². The van der Waals surface area contributed by atoms with Crippen LogP contribution in [0.15, 0.2) is 30.6 Å². The third-order valence-corrected chi connectivity index (χ3v) is 3.51. The Hall–Kier alpha value is -2.37. The third-order valence-electron chi connectivity index (χ3n) is 3.51. The molecule has 1 aliphatic rings. The Morgan fingerprint density at radius 3 is 2.38 bits per heavy atom. The number of hydrogen-bond donors (Lipinski definition) is 0. The van der Waals surface area contributed by atoms with Gasteiger partial charge in [-0.1, -0.05) is 0 Å². The lowest BCUT2D eigenvalue weighted by atomic mass is 9.99. The van der Waals surface area contributed by atoms with E-state index in [1.165, 1.54) is 17.3 Å². The molecule has 0 bridgehead atoms. The Morgan fingerprint density at radius 2 is 1.81 bits per heavy atom. The zero-order valence-electron chi connectivity index (χ0n) is 10.9. The second kappa shape index (κ2) is 5.20. The molecule has 3 rings (SSSR count). The largest absolute Gasteiger partial charge is 0.365 e. The number of hydrogen-bond acceptors (Lipinski definition) is 3. The van der Waals surface area contributed by atoms with E-state index in [2.05, 4.69) is 4.98 Å². The lowest BCUT2D eigenvalue weighted by Gasteiger charge is -2.38. The summed E-state index contributed by atoms with van der Waals surface area (Å²) < 4.78 is 41.9. The van der Waals surface area contributed by atoms with E-state index in [0.717, 1.165) is 24.5 Å². The fraction of sp³-hybridized carbons (Fsp3) is 0.200. The zero-order chi connectivity index (χ0) is 15.0. The highest BCUT2D eigenvalue weighted by atomic mass is 19.1. The normalized spacial score (nSPS) is 14.9. The van der Waals surface area contributed by atoms with Gasteiger partial charge in [0, 0.05) is 37.0 Å². The first-order valence-corrected chi connectivity index (χ1v) is 6.39. The van der Waals surface area contributed by atoms with Gasteiger partial charge in [0.15, 0.2) is 0 Å². The van der Waals surface area contributed by atoms with E-state index in [-0.39, 0.29) is 35.8 Å². The molecule has 2 aromatic rings. The summed E-state index contributed by atoms with van der Waals surface area (Å²) in [5.41, 5.74) is -0.0517. The third kappa shape index (κ3) is 2.37. The average Bonchev–Trinajstić information content (AvgIpc) is 2.40. The van der Waals surface area contributed by atoms with Crippen molar-refractivity contribution in [1.29, 1.82) is 0 Å². The summed E-state index contributed by atoms with van der Waals surface area (Å²) in [6.45, 7) is 0.579. The molecule has 0 unspecified atom stereocenters. The van der Waals surface area contributed by atoms with E-state index in [9.17, 15) is 18.0 Å². The highest BCUT2D eigenvalue weighted by Gasteiger charge is 2.30. The number of halogens is 3.